The molecule has 100 valence electrons. The molecule has 1 aliphatic rings. The van der Waals surface area contributed by atoms with Crippen molar-refractivity contribution in [1.29, 1.82) is 0 Å². The molecule has 1 fully saturated rings. The van der Waals surface area contributed by atoms with Crippen molar-refractivity contribution in [2.75, 3.05) is 0 Å². The first-order chi connectivity index (χ1) is 8.61. The third kappa shape index (κ3) is 3.03. The van der Waals surface area contributed by atoms with E-state index in [-0.39, 0.29) is 16.9 Å². The Balaban J connectivity index is 2.12. The average Bonchev–Trinajstić information content (AvgIpc) is 2.36. The molecule has 3 unspecified atom stereocenters. The lowest BCUT2D eigenvalue weighted by atomic mass is 9.77. The van der Waals surface area contributed by atoms with Crippen LogP contribution in [-0.2, 0) is 6.42 Å². The molecule has 0 aromatic heterocycles. The molecule has 0 saturated heterocycles. The van der Waals surface area contributed by atoms with E-state index in [1.54, 1.807) is 0 Å². The highest BCUT2D eigenvalue weighted by Gasteiger charge is 2.29. The SMILES string of the molecule is CCC1CCC(Cl)C(Cc2c(F)cccc2F)C1. The molecule has 0 aliphatic heterocycles. The Morgan fingerprint density at radius 2 is 1.89 bits per heavy atom. The minimum absolute atomic E-state index is 0.0480. The van der Waals surface area contributed by atoms with E-state index in [1.165, 1.54) is 18.2 Å². The molecule has 0 amide bonds. The monoisotopic (exact) mass is 272 g/mol. The topological polar surface area (TPSA) is 0 Å². The van der Waals surface area contributed by atoms with Crippen molar-refractivity contribution in [2.45, 2.75) is 44.4 Å². The summed E-state index contributed by atoms with van der Waals surface area (Å²) >= 11 is 6.31. The minimum Gasteiger partial charge on any atom is -0.207 e. The molecule has 0 heterocycles. The predicted molar refractivity (Wildman–Crippen MR) is 70.8 cm³/mol. The lowest BCUT2D eigenvalue weighted by Crippen LogP contribution is -2.27. The van der Waals surface area contributed by atoms with Gasteiger partial charge in [-0.1, -0.05) is 19.4 Å². The van der Waals surface area contributed by atoms with Gasteiger partial charge in [-0.25, -0.2) is 8.78 Å². The van der Waals surface area contributed by atoms with Gasteiger partial charge < -0.3 is 0 Å². The summed E-state index contributed by atoms with van der Waals surface area (Å²) in [5.74, 6) is -0.0495. The van der Waals surface area contributed by atoms with Crippen LogP contribution in [0.25, 0.3) is 0 Å². The minimum atomic E-state index is -0.447. The summed E-state index contributed by atoms with van der Waals surface area (Å²) in [5.41, 5.74) is 0.199. The van der Waals surface area contributed by atoms with Crippen molar-refractivity contribution >= 4 is 11.6 Å². The van der Waals surface area contributed by atoms with Crippen LogP contribution in [0.1, 0.15) is 38.2 Å². The number of alkyl halides is 1. The Bertz CT molecular complexity index is 385. The summed E-state index contributed by atoms with van der Waals surface area (Å²) in [6.07, 6.45) is 4.63. The maximum atomic E-state index is 13.6. The molecule has 1 saturated carbocycles. The fraction of sp³-hybridized carbons (Fsp3) is 0.600. The Kier molecular flexibility index (Phi) is 4.60. The van der Waals surface area contributed by atoms with E-state index in [4.69, 9.17) is 11.6 Å². The second-order valence-electron chi connectivity index (χ2n) is 5.27. The molecule has 1 aliphatic carbocycles. The summed E-state index contributed by atoms with van der Waals surface area (Å²) in [6.45, 7) is 2.17. The van der Waals surface area contributed by atoms with Gasteiger partial charge in [0.25, 0.3) is 0 Å². The quantitative estimate of drug-likeness (QED) is 0.684. The second kappa shape index (κ2) is 6.01. The van der Waals surface area contributed by atoms with Crippen molar-refractivity contribution < 1.29 is 8.78 Å². The zero-order valence-electron chi connectivity index (χ0n) is 10.6. The van der Waals surface area contributed by atoms with Crippen molar-refractivity contribution in [3.63, 3.8) is 0 Å². The molecule has 0 radical (unpaired) electrons. The van der Waals surface area contributed by atoms with Gasteiger partial charge in [0.1, 0.15) is 11.6 Å². The van der Waals surface area contributed by atoms with Crippen LogP contribution in [0.3, 0.4) is 0 Å². The van der Waals surface area contributed by atoms with Gasteiger partial charge in [-0.2, -0.15) is 0 Å². The smallest absolute Gasteiger partial charge is 0.129 e. The highest BCUT2D eigenvalue weighted by Crippen LogP contribution is 2.36. The average molecular weight is 273 g/mol. The van der Waals surface area contributed by atoms with Gasteiger partial charge in [0, 0.05) is 10.9 Å². The third-order valence-electron chi connectivity index (χ3n) is 4.10. The standard InChI is InChI=1S/C15H19ClF2/c1-2-10-6-7-13(16)11(8-10)9-12-14(17)4-3-5-15(12)18/h3-5,10-11,13H,2,6-9H2,1H3. The Morgan fingerprint density at radius 1 is 1.22 bits per heavy atom. The highest BCUT2D eigenvalue weighted by molar-refractivity contribution is 6.20. The summed E-state index contributed by atoms with van der Waals surface area (Å²) in [4.78, 5) is 0. The van der Waals surface area contributed by atoms with Crippen LogP contribution in [0.4, 0.5) is 8.78 Å². The Morgan fingerprint density at radius 3 is 2.50 bits per heavy atom. The third-order valence-corrected chi connectivity index (χ3v) is 4.68. The molecular weight excluding hydrogens is 254 g/mol. The number of halogens is 3. The molecule has 1 aromatic carbocycles. The summed E-state index contributed by atoms with van der Waals surface area (Å²) < 4.78 is 27.3. The lowest BCUT2D eigenvalue weighted by Gasteiger charge is -2.32. The molecular formula is C15H19ClF2. The van der Waals surface area contributed by atoms with Gasteiger partial charge in [-0.05, 0) is 49.7 Å². The van der Waals surface area contributed by atoms with E-state index in [1.807, 2.05) is 0 Å². The molecule has 0 spiro atoms. The summed E-state index contributed by atoms with van der Waals surface area (Å²) in [5, 5.41) is 0.0480. The predicted octanol–water partition coefficient (Wildman–Crippen LogP) is 4.94. The van der Waals surface area contributed by atoms with Crippen LogP contribution in [0.2, 0.25) is 0 Å². The first-order valence-corrected chi connectivity index (χ1v) is 7.12. The van der Waals surface area contributed by atoms with Crippen LogP contribution in [0.15, 0.2) is 18.2 Å². The fourth-order valence-electron chi connectivity index (χ4n) is 2.90. The van der Waals surface area contributed by atoms with Crippen molar-refractivity contribution in [3.8, 4) is 0 Å². The van der Waals surface area contributed by atoms with Gasteiger partial charge in [0.2, 0.25) is 0 Å². The molecule has 18 heavy (non-hydrogen) atoms. The van der Waals surface area contributed by atoms with Crippen LogP contribution in [-0.4, -0.2) is 5.38 Å². The zero-order chi connectivity index (χ0) is 13.1. The van der Waals surface area contributed by atoms with Crippen LogP contribution in [0, 0.1) is 23.5 Å². The van der Waals surface area contributed by atoms with Gasteiger partial charge >= 0.3 is 0 Å². The number of rotatable bonds is 3. The molecule has 0 nitrogen and oxygen atoms in total. The molecule has 3 heteroatoms. The fourth-order valence-corrected chi connectivity index (χ4v) is 3.21. The maximum Gasteiger partial charge on any atom is 0.129 e. The van der Waals surface area contributed by atoms with Crippen LogP contribution < -0.4 is 0 Å². The summed E-state index contributed by atoms with van der Waals surface area (Å²) in [6, 6.07) is 4.05. The van der Waals surface area contributed by atoms with Crippen molar-refractivity contribution in [3.05, 3.63) is 35.4 Å². The Labute approximate surface area is 112 Å². The normalized spacial score (nSPS) is 28.3. The molecule has 0 bridgehead atoms. The molecule has 1 aromatic rings. The highest BCUT2D eigenvalue weighted by atomic mass is 35.5. The van der Waals surface area contributed by atoms with E-state index in [9.17, 15) is 8.78 Å². The van der Waals surface area contributed by atoms with E-state index in [0.717, 1.165) is 25.7 Å². The summed E-state index contributed by atoms with van der Waals surface area (Å²) in [7, 11) is 0. The Hall–Kier alpha value is -0.630. The van der Waals surface area contributed by atoms with E-state index >= 15 is 0 Å². The van der Waals surface area contributed by atoms with Crippen LogP contribution >= 0.6 is 11.6 Å². The zero-order valence-corrected chi connectivity index (χ0v) is 11.4. The first kappa shape index (κ1) is 13.8. The molecule has 0 N–H and O–H groups in total. The lowest BCUT2D eigenvalue weighted by molar-refractivity contribution is 0.261. The van der Waals surface area contributed by atoms with Gasteiger partial charge in [0.05, 0.1) is 0 Å². The van der Waals surface area contributed by atoms with Gasteiger partial charge in [-0.3, -0.25) is 0 Å². The van der Waals surface area contributed by atoms with Crippen molar-refractivity contribution in [1.82, 2.24) is 0 Å². The van der Waals surface area contributed by atoms with Crippen molar-refractivity contribution in [2.24, 2.45) is 11.8 Å². The molecule has 3 atom stereocenters. The maximum absolute atomic E-state index is 13.6. The second-order valence-corrected chi connectivity index (χ2v) is 5.83. The molecule has 2 rings (SSSR count). The van der Waals surface area contributed by atoms with Crippen LogP contribution in [0.5, 0.6) is 0 Å². The largest absolute Gasteiger partial charge is 0.207 e. The van der Waals surface area contributed by atoms with E-state index in [0.29, 0.717) is 12.3 Å². The van der Waals surface area contributed by atoms with Gasteiger partial charge in [-0.15, -0.1) is 11.6 Å². The van der Waals surface area contributed by atoms with E-state index in [2.05, 4.69) is 6.92 Å². The number of benzene rings is 1. The number of hydrogen-bond acceptors (Lipinski definition) is 0. The first-order valence-electron chi connectivity index (χ1n) is 6.68. The van der Waals surface area contributed by atoms with Gasteiger partial charge in [0.15, 0.2) is 0 Å². The van der Waals surface area contributed by atoms with E-state index < -0.39 is 11.6 Å². The number of hydrogen-bond donors (Lipinski definition) is 0.